The molecule has 6 heteroatoms. The van der Waals surface area contributed by atoms with Crippen molar-refractivity contribution in [2.45, 2.75) is 32.6 Å². The Kier molecular flexibility index (Phi) is 5.75. The summed E-state index contributed by atoms with van der Waals surface area (Å²) in [5.41, 5.74) is 1.30. The van der Waals surface area contributed by atoms with Gasteiger partial charge in [-0.1, -0.05) is 6.07 Å². The number of rotatable bonds is 4. The lowest BCUT2D eigenvalue weighted by Crippen LogP contribution is -2.55. The molecule has 2 aliphatic heterocycles. The van der Waals surface area contributed by atoms with Crippen molar-refractivity contribution in [3.8, 4) is 5.75 Å². The quantitative estimate of drug-likeness (QED) is 0.878. The van der Waals surface area contributed by atoms with Crippen molar-refractivity contribution >= 4 is 11.8 Å². The number of nitrogens with zero attached hydrogens (tertiary/aromatic N) is 3. The first-order chi connectivity index (χ1) is 12.8. The highest BCUT2D eigenvalue weighted by molar-refractivity contribution is 5.94. The molecule has 2 aliphatic rings. The largest absolute Gasteiger partial charge is 0.508 e. The molecule has 2 saturated heterocycles. The molecule has 2 fully saturated rings. The number of phenolic OH excluding ortho intramolecular Hbond substituents is 1. The van der Waals surface area contributed by atoms with Crippen LogP contribution in [0.1, 0.15) is 41.6 Å². The molecule has 27 heavy (non-hydrogen) atoms. The molecule has 2 heterocycles. The van der Waals surface area contributed by atoms with E-state index in [-0.39, 0.29) is 23.0 Å². The Morgan fingerprint density at radius 3 is 2.74 bits per heavy atom. The third-order valence-corrected chi connectivity index (χ3v) is 5.97. The van der Waals surface area contributed by atoms with Crippen LogP contribution >= 0.6 is 0 Å². The second kappa shape index (κ2) is 7.89. The lowest BCUT2D eigenvalue weighted by atomic mass is 9.73. The zero-order valence-electron chi connectivity index (χ0n) is 16.7. The van der Waals surface area contributed by atoms with Crippen molar-refractivity contribution in [3.63, 3.8) is 0 Å². The summed E-state index contributed by atoms with van der Waals surface area (Å²) in [7, 11) is 4.03. The van der Waals surface area contributed by atoms with E-state index in [1.54, 1.807) is 18.2 Å². The number of benzene rings is 1. The van der Waals surface area contributed by atoms with E-state index in [1.165, 1.54) is 0 Å². The van der Waals surface area contributed by atoms with Gasteiger partial charge in [-0.3, -0.25) is 9.59 Å². The number of piperidine rings is 2. The minimum absolute atomic E-state index is 0.000868. The summed E-state index contributed by atoms with van der Waals surface area (Å²) in [6, 6.07) is 5.13. The number of aromatic hydroxyl groups is 1. The van der Waals surface area contributed by atoms with E-state index < -0.39 is 0 Å². The Morgan fingerprint density at radius 1 is 1.26 bits per heavy atom. The minimum Gasteiger partial charge on any atom is -0.508 e. The molecular formula is C21H31N3O3. The number of carbonyl (C=O) groups is 2. The third-order valence-electron chi connectivity index (χ3n) is 5.97. The Labute approximate surface area is 161 Å². The van der Waals surface area contributed by atoms with E-state index in [0.29, 0.717) is 18.5 Å². The van der Waals surface area contributed by atoms with Crippen LogP contribution in [0.5, 0.6) is 5.75 Å². The molecule has 0 saturated carbocycles. The van der Waals surface area contributed by atoms with E-state index in [2.05, 4.69) is 4.90 Å². The van der Waals surface area contributed by atoms with Crippen molar-refractivity contribution in [3.05, 3.63) is 29.3 Å². The van der Waals surface area contributed by atoms with E-state index in [4.69, 9.17) is 0 Å². The summed E-state index contributed by atoms with van der Waals surface area (Å²) >= 11 is 0. The maximum atomic E-state index is 13.0. The Hall–Kier alpha value is -2.08. The zero-order valence-corrected chi connectivity index (χ0v) is 16.7. The highest BCUT2D eigenvalue weighted by atomic mass is 16.3. The summed E-state index contributed by atoms with van der Waals surface area (Å²) in [5.74, 6) is 0.362. The normalized spacial score (nSPS) is 23.3. The molecule has 3 rings (SSSR count). The average Bonchev–Trinajstić information content (AvgIpc) is 2.64. The van der Waals surface area contributed by atoms with Crippen LogP contribution in [0.4, 0.5) is 0 Å². The predicted molar refractivity (Wildman–Crippen MR) is 105 cm³/mol. The molecular weight excluding hydrogens is 342 g/mol. The van der Waals surface area contributed by atoms with Crippen LogP contribution in [-0.4, -0.2) is 78.4 Å². The van der Waals surface area contributed by atoms with Crippen LogP contribution in [0.2, 0.25) is 0 Å². The molecule has 1 aromatic carbocycles. The molecule has 0 bridgehead atoms. The zero-order chi connectivity index (χ0) is 19.6. The van der Waals surface area contributed by atoms with Gasteiger partial charge in [-0.25, -0.2) is 0 Å². The van der Waals surface area contributed by atoms with Crippen LogP contribution in [-0.2, 0) is 4.79 Å². The van der Waals surface area contributed by atoms with Crippen LogP contribution in [0.15, 0.2) is 18.2 Å². The van der Waals surface area contributed by atoms with Gasteiger partial charge in [0.1, 0.15) is 5.75 Å². The standard InChI is InChI=1S/C21H31N3O3/c1-16-5-6-17(13-18(16)25)20(27)24-10-4-8-21(15-24)9-7-19(26)23(14-21)12-11-22(2)3/h5-6,13,25H,4,7-12,14-15H2,1-3H3. The lowest BCUT2D eigenvalue weighted by molar-refractivity contribution is -0.139. The Morgan fingerprint density at radius 2 is 2.04 bits per heavy atom. The predicted octanol–water partition coefficient (Wildman–Crippen LogP) is 2.11. The summed E-state index contributed by atoms with van der Waals surface area (Å²) in [4.78, 5) is 31.3. The van der Waals surface area contributed by atoms with Gasteiger partial charge in [-0.15, -0.1) is 0 Å². The van der Waals surface area contributed by atoms with Gasteiger partial charge in [0.05, 0.1) is 0 Å². The lowest BCUT2D eigenvalue weighted by Gasteiger charge is -2.48. The van der Waals surface area contributed by atoms with Gasteiger partial charge >= 0.3 is 0 Å². The molecule has 1 unspecified atom stereocenters. The maximum absolute atomic E-state index is 13.0. The molecule has 1 atom stereocenters. The van der Waals surface area contributed by atoms with Gasteiger partial charge < -0.3 is 19.8 Å². The Balaban J connectivity index is 1.71. The first-order valence-corrected chi connectivity index (χ1v) is 9.81. The Bertz CT molecular complexity index is 719. The molecule has 148 valence electrons. The van der Waals surface area contributed by atoms with E-state index >= 15 is 0 Å². The number of phenols is 1. The number of hydrogen-bond donors (Lipinski definition) is 1. The number of likely N-dealkylation sites (tertiary alicyclic amines) is 2. The number of aryl methyl sites for hydroxylation is 1. The van der Waals surface area contributed by atoms with E-state index in [1.807, 2.05) is 30.8 Å². The van der Waals surface area contributed by atoms with Crippen LogP contribution in [0.25, 0.3) is 0 Å². The fourth-order valence-corrected chi connectivity index (χ4v) is 4.27. The second-order valence-corrected chi connectivity index (χ2v) is 8.45. The van der Waals surface area contributed by atoms with Gasteiger partial charge in [-0.2, -0.15) is 0 Å². The van der Waals surface area contributed by atoms with Gasteiger partial charge in [0.2, 0.25) is 5.91 Å². The number of hydrogen-bond acceptors (Lipinski definition) is 4. The van der Waals surface area contributed by atoms with Crippen molar-refractivity contribution in [1.29, 1.82) is 0 Å². The molecule has 0 aliphatic carbocycles. The number of likely N-dealkylation sites (N-methyl/N-ethyl adjacent to an activating group) is 1. The minimum atomic E-state index is -0.0267. The summed E-state index contributed by atoms with van der Waals surface area (Å²) in [6.07, 6.45) is 3.44. The van der Waals surface area contributed by atoms with Gasteiger partial charge in [0.15, 0.2) is 0 Å². The van der Waals surface area contributed by atoms with Gasteiger partial charge in [0.25, 0.3) is 5.91 Å². The number of carbonyl (C=O) groups excluding carboxylic acids is 2. The number of amides is 2. The van der Waals surface area contributed by atoms with Crippen LogP contribution in [0, 0.1) is 12.3 Å². The molecule has 1 spiro atoms. The van der Waals surface area contributed by atoms with Crippen LogP contribution < -0.4 is 0 Å². The first kappa shape index (κ1) is 19.7. The fourth-order valence-electron chi connectivity index (χ4n) is 4.27. The van der Waals surface area contributed by atoms with Crippen molar-refractivity contribution in [1.82, 2.24) is 14.7 Å². The molecule has 1 N–H and O–H groups in total. The maximum Gasteiger partial charge on any atom is 0.254 e. The molecule has 6 nitrogen and oxygen atoms in total. The van der Waals surface area contributed by atoms with E-state index in [0.717, 1.165) is 51.0 Å². The smallest absolute Gasteiger partial charge is 0.254 e. The van der Waals surface area contributed by atoms with Crippen molar-refractivity contribution in [2.24, 2.45) is 5.41 Å². The average molecular weight is 373 g/mol. The molecule has 2 amide bonds. The third kappa shape index (κ3) is 4.43. The van der Waals surface area contributed by atoms with Crippen molar-refractivity contribution < 1.29 is 14.7 Å². The summed E-state index contributed by atoms with van der Waals surface area (Å²) < 4.78 is 0. The topological polar surface area (TPSA) is 64.1 Å². The summed E-state index contributed by atoms with van der Waals surface area (Å²) in [5, 5.41) is 9.94. The van der Waals surface area contributed by atoms with Gasteiger partial charge in [-0.05, 0) is 58.0 Å². The highest BCUT2D eigenvalue weighted by Gasteiger charge is 2.42. The second-order valence-electron chi connectivity index (χ2n) is 8.45. The van der Waals surface area contributed by atoms with Crippen LogP contribution in [0.3, 0.4) is 0 Å². The molecule has 1 aromatic rings. The monoisotopic (exact) mass is 373 g/mol. The molecule has 0 radical (unpaired) electrons. The van der Waals surface area contributed by atoms with Gasteiger partial charge in [0, 0.05) is 50.1 Å². The first-order valence-electron chi connectivity index (χ1n) is 9.81. The fraction of sp³-hybridized carbons (Fsp3) is 0.619. The SMILES string of the molecule is Cc1ccc(C(=O)N2CCCC3(CCC(=O)N(CCN(C)C)C3)C2)cc1O. The van der Waals surface area contributed by atoms with Crippen molar-refractivity contribution in [2.75, 3.05) is 46.8 Å². The van der Waals surface area contributed by atoms with E-state index in [9.17, 15) is 14.7 Å². The summed E-state index contributed by atoms with van der Waals surface area (Å²) in [6.45, 7) is 5.58. The highest BCUT2D eigenvalue weighted by Crippen LogP contribution is 2.39. The molecule has 0 aromatic heterocycles.